The number of rotatable bonds is 6. The highest BCUT2D eigenvalue weighted by molar-refractivity contribution is 6.30. The molecule has 10 heteroatoms. The first-order chi connectivity index (χ1) is 14.5. The zero-order chi connectivity index (χ0) is 21.1. The fourth-order valence-electron chi connectivity index (χ4n) is 2.99. The Morgan fingerprint density at radius 3 is 2.73 bits per heavy atom. The van der Waals surface area contributed by atoms with Gasteiger partial charge in [-0.2, -0.15) is 5.10 Å². The van der Waals surface area contributed by atoms with E-state index in [1.807, 2.05) is 12.1 Å². The predicted molar refractivity (Wildman–Crippen MR) is 114 cm³/mol. The van der Waals surface area contributed by atoms with Gasteiger partial charge < -0.3 is 5.32 Å². The molecule has 4 rings (SSSR count). The van der Waals surface area contributed by atoms with Crippen LogP contribution in [0.5, 0.6) is 0 Å². The van der Waals surface area contributed by atoms with Crippen LogP contribution in [-0.2, 0) is 13.1 Å². The van der Waals surface area contributed by atoms with Gasteiger partial charge in [-0.1, -0.05) is 35.3 Å². The molecule has 0 aliphatic rings. The van der Waals surface area contributed by atoms with Gasteiger partial charge in [-0.05, 0) is 29.8 Å². The first kappa shape index (κ1) is 20.1. The molecular weight excluding hydrogens is 427 g/mol. The Bertz CT molecular complexity index is 1270. The Balaban J connectivity index is 1.45. The minimum atomic E-state index is -0.271. The van der Waals surface area contributed by atoms with Crippen LogP contribution in [0.4, 0.5) is 0 Å². The number of nitrogens with zero attached hydrogens (tertiary/aromatic N) is 5. The molecule has 0 fully saturated rings. The molecular formula is C20H16Cl2N6O2. The third-order valence-corrected chi connectivity index (χ3v) is 4.92. The zero-order valence-electron chi connectivity index (χ0n) is 15.6. The Labute approximate surface area is 181 Å². The topological polar surface area (TPSA) is 94.7 Å². The summed E-state index contributed by atoms with van der Waals surface area (Å²) in [6.45, 7) is 1.03. The summed E-state index contributed by atoms with van der Waals surface area (Å²) < 4.78 is 3.09. The molecule has 152 valence electrons. The summed E-state index contributed by atoms with van der Waals surface area (Å²) in [6, 6.07) is 10.5. The molecule has 30 heavy (non-hydrogen) atoms. The molecule has 8 nitrogen and oxygen atoms in total. The van der Waals surface area contributed by atoms with Gasteiger partial charge in [0.1, 0.15) is 16.9 Å². The fraction of sp³-hybridized carbons (Fsp3) is 0.150. The maximum absolute atomic E-state index is 12.8. The van der Waals surface area contributed by atoms with Gasteiger partial charge in [-0.15, -0.1) is 0 Å². The van der Waals surface area contributed by atoms with Crippen molar-refractivity contribution in [3.63, 3.8) is 0 Å². The van der Waals surface area contributed by atoms with Crippen molar-refractivity contribution < 1.29 is 4.79 Å². The molecule has 0 aliphatic heterocycles. The number of amides is 1. The second-order valence-electron chi connectivity index (χ2n) is 6.54. The number of nitrogens with one attached hydrogen (secondary N) is 1. The Kier molecular flexibility index (Phi) is 5.78. The van der Waals surface area contributed by atoms with E-state index in [0.717, 1.165) is 5.56 Å². The SMILES string of the molecule is O=C(NCCn1ncc2c(=O)n(Cc3cccc(Cl)c3)cnc21)c1ccc(Cl)nc1. The number of pyridine rings is 1. The molecule has 0 aliphatic carbocycles. The largest absolute Gasteiger partial charge is 0.350 e. The van der Waals surface area contributed by atoms with E-state index in [2.05, 4.69) is 20.4 Å². The summed E-state index contributed by atoms with van der Waals surface area (Å²) >= 11 is 11.7. The molecule has 1 aromatic carbocycles. The second-order valence-corrected chi connectivity index (χ2v) is 7.36. The first-order valence-electron chi connectivity index (χ1n) is 9.06. The van der Waals surface area contributed by atoms with Crippen molar-refractivity contribution in [1.29, 1.82) is 0 Å². The number of carbonyl (C=O) groups is 1. The van der Waals surface area contributed by atoms with Crippen molar-refractivity contribution in [2.24, 2.45) is 0 Å². The van der Waals surface area contributed by atoms with Gasteiger partial charge in [0, 0.05) is 17.8 Å². The van der Waals surface area contributed by atoms with Crippen LogP contribution in [0, 0.1) is 0 Å². The van der Waals surface area contributed by atoms with E-state index in [-0.39, 0.29) is 11.5 Å². The lowest BCUT2D eigenvalue weighted by Crippen LogP contribution is -2.28. The van der Waals surface area contributed by atoms with Gasteiger partial charge in [-0.25, -0.2) is 14.6 Å². The molecule has 4 aromatic rings. The number of benzene rings is 1. The molecule has 0 saturated carbocycles. The van der Waals surface area contributed by atoms with Crippen LogP contribution in [0.1, 0.15) is 15.9 Å². The standard InChI is InChI=1S/C20H16Cl2N6O2/c21-15-3-1-2-13(8-15)11-27-12-25-18-16(20(27)30)10-26-28(18)7-6-23-19(29)14-4-5-17(22)24-9-14/h1-5,8-10,12H,6-7,11H2,(H,23,29). The van der Waals surface area contributed by atoms with Crippen LogP contribution in [0.25, 0.3) is 11.0 Å². The van der Waals surface area contributed by atoms with Gasteiger partial charge >= 0.3 is 0 Å². The van der Waals surface area contributed by atoms with Crippen LogP contribution in [0.3, 0.4) is 0 Å². The number of fused-ring (bicyclic) bond motifs is 1. The van der Waals surface area contributed by atoms with Crippen molar-refractivity contribution in [2.75, 3.05) is 6.54 Å². The fourth-order valence-corrected chi connectivity index (χ4v) is 3.32. The van der Waals surface area contributed by atoms with Gasteiger partial charge in [0.15, 0.2) is 5.65 Å². The monoisotopic (exact) mass is 442 g/mol. The van der Waals surface area contributed by atoms with Gasteiger partial charge in [0.2, 0.25) is 0 Å². The summed E-state index contributed by atoms with van der Waals surface area (Å²) in [4.78, 5) is 33.2. The summed E-state index contributed by atoms with van der Waals surface area (Å²) in [7, 11) is 0. The molecule has 0 atom stereocenters. The minimum absolute atomic E-state index is 0.192. The Morgan fingerprint density at radius 1 is 1.10 bits per heavy atom. The third-order valence-electron chi connectivity index (χ3n) is 4.46. The van der Waals surface area contributed by atoms with Gasteiger partial charge in [-0.3, -0.25) is 14.2 Å². The number of carbonyl (C=O) groups excluding carboxylic acids is 1. The molecule has 3 heterocycles. The molecule has 1 amide bonds. The average molecular weight is 443 g/mol. The molecule has 3 aromatic heterocycles. The average Bonchev–Trinajstić information content (AvgIpc) is 3.14. The lowest BCUT2D eigenvalue weighted by atomic mass is 10.2. The number of hydrogen-bond donors (Lipinski definition) is 1. The van der Waals surface area contributed by atoms with Crippen molar-refractivity contribution in [3.05, 3.63) is 86.8 Å². The Morgan fingerprint density at radius 2 is 1.97 bits per heavy atom. The zero-order valence-corrected chi connectivity index (χ0v) is 17.1. The van der Waals surface area contributed by atoms with Crippen LogP contribution in [0.15, 0.2) is 59.9 Å². The smallest absolute Gasteiger partial charge is 0.264 e. The summed E-state index contributed by atoms with van der Waals surface area (Å²) in [5, 5.41) is 8.36. The lowest BCUT2D eigenvalue weighted by molar-refractivity contribution is 0.0951. The van der Waals surface area contributed by atoms with Crippen molar-refractivity contribution in [2.45, 2.75) is 13.1 Å². The normalized spacial score (nSPS) is 11.0. The van der Waals surface area contributed by atoms with E-state index in [4.69, 9.17) is 23.2 Å². The molecule has 1 N–H and O–H groups in total. The van der Waals surface area contributed by atoms with Crippen molar-refractivity contribution >= 4 is 40.1 Å². The molecule has 0 spiro atoms. The number of halogens is 2. The van der Waals surface area contributed by atoms with E-state index in [0.29, 0.717) is 46.4 Å². The number of aromatic nitrogens is 5. The quantitative estimate of drug-likeness (QED) is 0.463. The van der Waals surface area contributed by atoms with E-state index >= 15 is 0 Å². The molecule has 0 radical (unpaired) electrons. The third kappa shape index (κ3) is 4.34. The maximum atomic E-state index is 12.8. The van der Waals surface area contributed by atoms with E-state index in [9.17, 15) is 9.59 Å². The van der Waals surface area contributed by atoms with Gasteiger partial charge in [0.25, 0.3) is 11.5 Å². The van der Waals surface area contributed by atoms with E-state index in [1.54, 1.807) is 28.9 Å². The highest BCUT2D eigenvalue weighted by atomic mass is 35.5. The highest BCUT2D eigenvalue weighted by Gasteiger charge is 2.11. The van der Waals surface area contributed by atoms with Crippen LogP contribution < -0.4 is 10.9 Å². The first-order valence-corrected chi connectivity index (χ1v) is 9.82. The maximum Gasteiger partial charge on any atom is 0.264 e. The van der Waals surface area contributed by atoms with Crippen LogP contribution in [0.2, 0.25) is 10.2 Å². The molecule has 0 unspecified atom stereocenters. The Hall–Kier alpha value is -3.23. The summed E-state index contributed by atoms with van der Waals surface area (Å²) in [6.07, 6.45) is 4.39. The van der Waals surface area contributed by atoms with E-state index < -0.39 is 0 Å². The molecule has 0 saturated heterocycles. The van der Waals surface area contributed by atoms with Crippen molar-refractivity contribution in [3.8, 4) is 0 Å². The summed E-state index contributed by atoms with van der Waals surface area (Å²) in [5.74, 6) is -0.271. The second kappa shape index (κ2) is 8.64. The van der Waals surface area contributed by atoms with Crippen LogP contribution in [-0.4, -0.2) is 36.8 Å². The lowest BCUT2D eigenvalue weighted by Gasteiger charge is -2.08. The highest BCUT2D eigenvalue weighted by Crippen LogP contribution is 2.12. The molecule has 0 bridgehead atoms. The minimum Gasteiger partial charge on any atom is -0.350 e. The van der Waals surface area contributed by atoms with Crippen LogP contribution >= 0.6 is 23.2 Å². The van der Waals surface area contributed by atoms with Gasteiger partial charge in [0.05, 0.1) is 24.8 Å². The summed E-state index contributed by atoms with van der Waals surface area (Å²) in [5.41, 5.74) is 1.58. The number of hydrogen-bond acceptors (Lipinski definition) is 5. The van der Waals surface area contributed by atoms with Crippen molar-refractivity contribution in [1.82, 2.24) is 29.6 Å². The van der Waals surface area contributed by atoms with E-state index in [1.165, 1.54) is 23.3 Å². The predicted octanol–water partition coefficient (Wildman–Crippen LogP) is 2.77.